The molecule has 0 heterocycles. The fourth-order valence-corrected chi connectivity index (χ4v) is 1.90. The molecule has 0 aliphatic heterocycles. The van der Waals surface area contributed by atoms with E-state index in [9.17, 15) is 10.1 Å². The van der Waals surface area contributed by atoms with E-state index in [1.54, 1.807) is 4.90 Å². The highest BCUT2D eigenvalue weighted by atomic mass is 16.2. The van der Waals surface area contributed by atoms with Gasteiger partial charge in [-0.1, -0.05) is 51.1 Å². The van der Waals surface area contributed by atoms with Crippen LogP contribution < -0.4 is 0 Å². The lowest BCUT2D eigenvalue weighted by molar-refractivity contribution is -0.132. The monoisotopic (exact) mass is 244 g/mol. The molecule has 1 aromatic carbocycles. The number of amides is 1. The van der Waals surface area contributed by atoms with Gasteiger partial charge >= 0.3 is 0 Å². The van der Waals surface area contributed by atoms with Gasteiger partial charge < -0.3 is 4.90 Å². The normalized spacial score (nSPS) is 12.6. The molecule has 1 atom stereocenters. The van der Waals surface area contributed by atoms with Crippen LogP contribution in [-0.4, -0.2) is 16.8 Å². The van der Waals surface area contributed by atoms with Gasteiger partial charge in [-0.05, 0) is 11.0 Å². The molecule has 0 aromatic heterocycles. The van der Waals surface area contributed by atoms with E-state index < -0.39 is 6.04 Å². The van der Waals surface area contributed by atoms with Gasteiger partial charge in [-0.2, -0.15) is 5.26 Å². The van der Waals surface area contributed by atoms with Gasteiger partial charge in [0.15, 0.2) is 0 Å². The summed E-state index contributed by atoms with van der Waals surface area (Å²) in [6.07, 6.45) is 0. The van der Waals surface area contributed by atoms with Crippen molar-refractivity contribution in [2.45, 2.75) is 40.3 Å². The lowest BCUT2D eigenvalue weighted by Gasteiger charge is -2.35. The molecule has 0 bridgehead atoms. The lowest BCUT2D eigenvalue weighted by Crippen LogP contribution is -2.45. The SMILES string of the molecule is CC(=O)N(Cc1ccccc1)C(C#N)C(C)(C)C. The molecule has 0 fully saturated rings. The first kappa shape index (κ1) is 14.2. The number of benzene rings is 1. The zero-order valence-electron chi connectivity index (χ0n) is 11.5. The third kappa shape index (κ3) is 3.59. The summed E-state index contributed by atoms with van der Waals surface area (Å²) in [5, 5.41) is 9.32. The van der Waals surface area contributed by atoms with Crippen molar-refractivity contribution in [3.63, 3.8) is 0 Å². The molecule has 1 amide bonds. The van der Waals surface area contributed by atoms with Gasteiger partial charge in [0.25, 0.3) is 0 Å². The molecule has 96 valence electrons. The van der Waals surface area contributed by atoms with Crippen molar-refractivity contribution in [1.82, 2.24) is 4.90 Å². The molecule has 3 nitrogen and oxygen atoms in total. The van der Waals surface area contributed by atoms with E-state index in [0.717, 1.165) is 5.56 Å². The third-order valence-electron chi connectivity index (χ3n) is 2.85. The number of rotatable bonds is 3. The van der Waals surface area contributed by atoms with Crippen LogP contribution in [-0.2, 0) is 11.3 Å². The predicted octanol–water partition coefficient (Wildman–Crippen LogP) is 2.97. The molecule has 18 heavy (non-hydrogen) atoms. The number of carbonyl (C=O) groups is 1. The van der Waals surface area contributed by atoms with Crippen LogP contribution in [0.25, 0.3) is 0 Å². The molecule has 3 heteroatoms. The summed E-state index contributed by atoms with van der Waals surface area (Å²) in [6, 6.07) is 11.6. The van der Waals surface area contributed by atoms with Gasteiger partial charge in [-0.15, -0.1) is 0 Å². The molecule has 0 aliphatic rings. The van der Waals surface area contributed by atoms with Gasteiger partial charge in [0, 0.05) is 13.5 Å². The second-order valence-corrected chi connectivity index (χ2v) is 5.53. The Kier molecular flexibility index (Phi) is 4.49. The topological polar surface area (TPSA) is 44.1 Å². The van der Waals surface area contributed by atoms with Crippen LogP contribution in [0.4, 0.5) is 0 Å². The first-order valence-corrected chi connectivity index (χ1v) is 6.07. The Bertz CT molecular complexity index is 440. The highest BCUT2D eigenvalue weighted by molar-refractivity contribution is 5.74. The standard InChI is InChI=1S/C15H20N2O/c1-12(18)17(14(10-16)15(2,3)4)11-13-8-6-5-7-9-13/h5-9,14H,11H2,1-4H3. The Morgan fingerprint density at radius 2 is 1.89 bits per heavy atom. The molecule has 0 radical (unpaired) electrons. The average Bonchev–Trinajstić information content (AvgIpc) is 2.28. The zero-order chi connectivity index (χ0) is 13.8. The second-order valence-electron chi connectivity index (χ2n) is 5.53. The smallest absolute Gasteiger partial charge is 0.220 e. The molecule has 0 aliphatic carbocycles. The molecule has 0 spiro atoms. The molecule has 1 rings (SSSR count). The van der Waals surface area contributed by atoms with Crippen molar-refractivity contribution in [3.05, 3.63) is 35.9 Å². The van der Waals surface area contributed by atoms with E-state index in [1.165, 1.54) is 6.92 Å². The van der Waals surface area contributed by atoms with E-state index >= 15 is 0 Å². The molecule has 1 aromatic rings. The van der Waals surface area contributed by atoms with Gasteiger partial charge in [-0.3, -0.25) is 4.79 Å². The van der Waals surface area contributed by atoms with Crippen molar-refractivity contribution in [2.24, 2.45) is 5.41 Å². The maximum Gasteiger partial charge on any atom is 0.220 e. The largest absolute Gasteiger partial charge is 0.322 e. The highest BCUT2D eigenvalue weighted by Crippen LogP contribution is 2.25. The van der Waals surface area contributed by atoms with E-state index in [0.29, 0.717) is 6.54 Å². The summed E-state index contributed by atoms with van der Waals surface area (Å²) < 4.78 is 0. The van der Waals surface area contributed by atoms with Crippen LogP contribution in [0, 0.1) is 16.7 Å². The van der Waals surface area contributed by atoms with E-state index in [2.05, 4.69) is 6.07 Å². The predicted molar refractivity (Wildman–Crippen MR) is 71.5 cm³/mol. The fraction of sp³-hybridized carbons (Fsp3) is 0.467. The highest BCUT2D eigenvalue weighted by Gasteiger charge is 2.32. The summed E-state index contributed by atoms with van der Waals surface area (Å²) in [6.45, 7) is 7.91. The summed E-state index contributed by atoms with van der Waals surface area (Å²) in [4.78, 5) is 13.4. The van der Waals surface area contributed by atoms with Crippen LogP contribution in [0.3, 0.4) is 0 Å². The molecule has 0 saturated heterocycles. The number of nitriles is 1. The average molecular weight is 244 g/mol. The van der Waals surface area contributed by atoms with Crippen molar-refractivity contribution >= 4 is 5.91 Å². The van der Waals surface area contributed by atoms with E-state index in [4.69, 9.17) is 0 Å². The Morgan fingerprint density at radius 1 is 1.33 bits per heavy atom. The minimum Gasteiger partial charge on any atom is -0.322 e. The number of hydrogen-bond donors (Lipinski definition) is 0. The lowest BCUT2D eigenvalue weighted by atomic mass is 9.86. The number of nitrogens with zero attached hydrogens (tertiary/aromatic N) is 2. The summed E-state index contributed by atoms with van der Waals surface area (Å²) >= 11 is 0. The van der Waals surface area contributed by atoms with Gasteiger partial charge in [0.05, 0.1) is 6.07 Å². The fourth-order valence-electron chi connectivity index (χ4n) is 1.90. The summed E-state index contributed by atoms with van der Waals surface area (Å²) in [5.41, 5.74) is 0.784. The van der Waals surface area contributed by atoms with Crippen LogP contribution in [0.2, 0.25) is 0 Å². The Hall–Kier alpha value is -1.82. The molecule has 0 saturated carbocycles. The van der Waals surface area contributed by atoms with E-state index in [1.807, 2.05) is 51.1 Å². The summed E-state index contributed by atoms with van der Waals surface area (Å²) in [7, 11) is 0. The van der Waals surface area contributed by atoms with Gasteiger partial charge in [0.1, 0.15) is 6.04 Å². The quantitative estimate of drug-likeness (QED) is 0.820. The first-order chi connectivity index (χ1) is 8.36. The molecule has 0 N–H and O–H groups in total. The number of carbonyl (C=O) groups excluding carboxylic acids is 1. The molecular formula is C15H20N2O. The van der Waals surface area contributed by atoms with Crippen LogP contribution >= 0.6 is 0 Å². The van der Waals surface area contributed by atoms with Crippen molar-refractivity contribution in [3.8, 4) is 6.07 Å². The van der Waals surface area contributed by atoms with Crippen molar-refractivity contribution in [2.75, 3.05) is 0 Å². The third-order valence-corrected chi connectivity index (χ3v) is 2.85. The van der Waals surface area contributed by atoms with Gasteiger partial charge in [0.2, 0.25) is 5.91 Å². The Morgan fingerprint density at radius 3 is 2.28 bits per heavy atom. The second kappa shape index (κ2) is 5.68. The van der Waals surface area contributed by atoms with Crippen LogP contribution in [0.1, 0.15) is 33.3 Å². The number of hydrogen-bond acceptors (Lipinski definition) is 2. The molecule has 1 unspecified atom stereocenters. The minimum absolute atomic E-state index is 0.0691. The Balaban J connectivity index is 2.97. The first-order valence-electron chi connectivity index (χ1n) is 6.07. The van der Waals surface area contributed by atoms with Crippen LogP contribution in [0.5, 0.6) is 0 Å². The maximum atomic E-state index is 11.8. The summed E-state index contributed by atoms with van der Waals surface area (Å²) in [5.74, 6) is -0.0691. The maximum absolute atomic E-state index is 11.8. The zero-order valence-corrected chi connectivity index (χ0v) is 11.5. The minimum atomic E-state index is -0.421. The van der Waals surface area contributed by atoms with Gasteiger partial charge in [-0.25, -0.2) is 0 Å². The van der Waals surface area contributed by atoms with Crippen molar-refractivity contribution in [1.29, 1.82) is 5.26 Å². The van der Waals surface area contributed by atoms with Crippen LogP contribution in [0.15, 0.2) is 30.3 Å². The van der Waals surface area contributed by atoms with Crippen molar-refractivity contribution < 1.29 is 4.79 Å². The molecular weight excluding hydrogens is 224 g/mol. The van der Waals surface area contributed by atoms with E-state index in [-0.39, 0.29) is 11.3 Å². The Labute approximate surface area is 109 Å².